The highest BCUT2D eigenvalue weighted by Gasteiger charge is 2.37. The minimum atomic E-state index is -0.720. The summed E-state index contributed by atoms with van der Waals surface area (Å²) < 4.78 is 0. The van der Waals surface area contributed by atoms with Crippen molar-refractivity contribution in [2.24, 2.45) is 5.41 Å². The number of β-amino-alcohol motifs (C(OH)–C–C–N with tert-alkyl or cyclic N) is 1. The molecule has 4 heteroatoms. The summed E-state index contributed by atoms with van der Waals surface area (Å²) in [5.74, 6) is 0. The molecule has 0 aliphatic carbocycles. The summed E-state index contributed by atoms with van der Waals surface area (Å²) in [7, 11) is 0. The van der Waals surface area contributed by atoms with Crippen LogP contribution in [0.15, 0.2) is 0 Å². The van der Waals surface area contributed by atoms with Crippen LogP contribution in [-0.4, -0.2) is 59.2 Å². The van der Waals surface area contributed by atoms with Gasteiger partial charge in [0.25, 0.3) is 0 Å². The van der Waals surface area contributed by atoms with Gasteiger partial charge in [0.1, 0.15) is 0 Å². The fraction of sp³-hybridized carbons (Fsp3) is 1.00. The van der Waals surface area contributed by atoms with E-state index >= 15 is 0 Å². The van der Waals surface area contributed by atoms with E-state index in [2.05, 4.69) is 4.90 Å². The van der Waals surface area contributed by atoms with Gasteiger partial charge in [-0.25, -0.2) is 0 Å². The minimum Gasteiger partial charge on any atom is -0.396 e. The van der Waals surface area contributed by atoms with Gasteiger partial charge in [-0.15, -0.1) is 0 Å². The SMILES string of the molecule is CCC(CO)(CO)C(O)CN1CC1. The van der Waals surface area contributed by atoms with Crippen molar-refractivity contribution >= 4 is 0 Å². The van der Waals surface area contributed by atoms with E-state index in [-0.39, 0.29) is 13.2 Å². The second-order valence-electron chi connectivity index (χ2n) is 3.85. The van der Waals surface area contributed by atoms with Crippen molar-refractivity contribution in [1.29, 1.82) is 0 Å². The highest BCUT2D eigenvalue weighted by Crippen LogP contribution is 2.27. The van der Waals surface area contributed by atoms with E-state index in [1.807, 2.05) is 6.92 Å². The normalized spacial score (nSPS) is 20.3. The Morgan fingerprint density at radius 1 is 1.31 bits per heavy atom. The second kappa shape index (κ2) is 4.37. The number of aliphatic hydroxyl groups is 3. The monoisotopic (exact) mass is 189 g/mol. The third-order valence-electron chi connectivity index (χ3n) is 3.01. The third-order valence-corrected chi connectivity index (χ3v) is 3.01. The lowest BCUT2D eigenvalue weighted by atomic mass is 9.81. The maximum absolute atomic E-state index is 9.81. The van der Waals surface area contributed by atoms with Crippen LogP contribution in [0.1, 0.15) is 13.3 Å². The zero-order valence-electron chi connectivity index (χ0n) is 8.11. The molecule has 1 fully saturated rings. The Bertz CT molecular complexity index is 147. The van der Waals surface area contributed by atoms with Crippen molar-refractivity contribution in [1.82, 2.24) is 4.90 Å². The first-order chi connectivity index (χ1) is 6.18. The summed E-state index contributed by atoms with van der Waals surface area (Å²) in [6.07, 6.45) is -0.0374. The molecule has 1 saturated heterocycles. The van der Waals surface area contributed by atoms with Gasteiger partial charge in [-0.05, 0) is 6.42 Å². The standard InChI is InChI=1S/C9H19NO3/c1-2-9(6-11,7-12)8(13)5-10-3-4-10/h8,11-13H,2-7H2,1H3. The predicted molar refractivity (Wildman–Crippen MR) is 49.3 cm³/mol. The zero-order chi connectivity index (χ0) is 9.90. The topological polar surface area (TPSA) is 63.7 Å². The first-order valence-corrected chi connectivity index (χ1v) is 4.80. The summed E-state index contributed by atoms with van der Waals surface area (Å²) in [6, 6.07) is 0. The van der Waals surface area contributed by atoms with Gasteiger partial charge in [0.2, 0.25) is 0 Å². The van der Waals surface area contributed by atoms with Gasteiger partial charge in [0.05, 0.1) is 19.3 Å². The fourth-order valence-corrected chi connectivity index (χ4v) is 1.41. The Hall–Kier alpha value is -0.160. The zero-order valence-corrected chi connectivity index (χ0v) is 8.11. The molecule has 0 bridgehead atoms. The van der Waals surface area contributed by atoms with Crippen molar-refractivity contribution in [3.8, 4) is 0 Å². The van der Waals surface area contributed by atoms with Crippen molar-refractivity contribution in [2.75, 3.05) is 32.8 Å². The number of hydrogen-bond donors (Lipinski definition) is 3. The Balaban J connectivity index is 2.49. The molecule has 0 saturated carbocycles. The van der Waals surface area contributed by atoms with Crippen LogP contribution in [0.3, 0.4) is 0 Å². The van der Waals surface area contributed by atoms with Crippen LogP contribution < -0.4 is 0 Å². The van der Waals surface area contributed by atoms with E-state index < -0.39 is 11.5 Å². The molecule has 1 aliphatic rings. The molecule has 0 radical (unpaired) electrons. The number of rotatable bonds is 6. The van der Waals surface area contributed by atoms with E-state index in [9.17, 15) is 5.11 Å². The van der Waals surface area contributed by atoms with E-state index in [1.165, 1.54) is 0 Å². The smallest absolute Gasteiger partial charge is 0.0767 e. The first-order valence-electron chi connectivity index (χ1n) is 4.80. The molecule has 13 heavy (non-hydrogen) atoms. The van der Waals surface area contributed by atoms with Gasteiger partial charge >= 0.3 is 0 Å². The van der Waals surface area contributed by atoms with Gasteiger partial charge in [0.15, 0.2) is 0 Å². The molecular weight excluding hydrogens is 170 g/mol. The fourth-order valence-electron chi connectivity index (χ4n) is 1.41. The van der Waals surface area contributed by atoms with Gasteiger partial charge in [-0.1, -0.05) is 6.92 Å². The van der Waals surface area contributed by atoms with Crippen LogP contribution >= 0.6 is 0 Å². The van der Waals surface area contributed by atoms with E-state index in [4.69, 9.17) is 10.2 Å². The Morgan fingerprint density at radius 3 is 2.15 bits per heavy atom. The van der Waals surface area contributed by atoms with Crippen molar-refractivity contribution in [2.45, 2.75) is 19.4 Å². The Labute approximate surface area is 78.8 Å². The van der Waals surface area contributed by atoms with Crippen LogP contribution in [0.5, 0.6) is 0 Å². The Morgan fingerprint density at radius 2 is 1.85 bits per heavy atom. The molecule has 0 aromatic rings. The highest BCUT2D eigenvalue weighted by molar-refractivity contribution is 4.89. The van der Waals surface area contributed by atoms with Crippen molar-refractivity contribution in [3.63, 3.8) is 0 Å². The molecule has 0 aromatic carbocycles. The van der Waals surface area contributed by atoms with Crippen LogP contribution in [0.25, 0.3) is 0 Å². The first kappa shape index (κ1) is 10.9. The Kier molecular flexibility index (Phi) is 3.67. The van der Waals surface area contributed by atoms with E-state index in [0.717, 1.165) is 13.1 Å². The van der Waals surface area contributed by atoms with Crippen LogP contribution in [0.4, 0.5) is 0 Å². The predicted octanol–water partition coefficient (Wildman–Crippen LogP) is -0.956. The van der Waals surface area contributed by atoms with Gasteiger partial charge < -0.3 is 15.3 Å². The maximum atomic E-state index is 9.81. The molecule has 78 valence electrons. The van der Waals surface area contributed by atoms with Gasteiger partial charge in [0, 0.05) is 25.0 Å². The molecule has 1 unspecified atom stereocenters. The average molecular weight is 189 g/mol. The van der Waals surface area contributed by atoms with Crippen LogP contribution in [0, 0.1) is 5.41 Å². The second-order valence-corrected chi connectivity index (χ2v) is 3.85. The molecule has 0 spiro atoms. The number of hydrogen-bond acceptors (Lipinski definition) is 4. The molecule has 0 aromatic heterocycles. The van der Waals surface area contributed by atoms with Crippen LogP contribution in [0.2, 0.25) is 0 Å². The maximum Gasteiger partial charge on any atom is 0.0767 e. The molecule has 1 atom stereocenters. The number of nitrogens with zero attached hydrogens (tertiary/aromatic N) is 1. The summed E-state index contributed by atoms with van der Waals surface area (Å²) in [5, 5.41) is 28.1. The van der Waals surface area contributed by atoms with Gasteiger partial charge in [-0.3, -0.25) is 4.90 Å². The minimum absolute atomic E-state index is 0.158. The highest BCUT2D eigenvalue weighted by atomic mass is 16.3. The average Bonchev–Trinajstić information content (AvgIpc) is 2.92. The molecule has 4 nitrogen and oxygen atoms in total. The number of aliphatic hydroxyl groups excluding tert-OH is 3. The van der Waals surface area contributed by atoms with E-state index in [0.29, 0.717) is 13.0 Å². The van der Waals surface area contributed by atoms with Crippen LogP contribution in [-0.2, 0) is 0 Å². The molecule has 1 aliphatic heterocycles. The summed E-state index contributed by atoms with van der Waals surface area (Å²) in [6.45, 7) is 4.16. The molecule has 3 N–H and O–H groups in total. The molecule has 0 amide bonds. The van der Waals surface area contributed by atoms with Gasteiger partial charge in [-0.2, -0.15) is 0 Å². The molecular formula is C9H19NO3. The molecule has 1 rings (SSSR count). The lowest BCUT2D eigenvalue weighted by Gasteiger charge is -2.33. The lowest BCUT2D eigenvalue weighted by Crippen LogP contribution is -2.45. The summed E-state index contributed by atoms with van der Waals surface area (Å²) in [5.41, 5.74) is -0.720. The summed E-state index contributed by atoms with van der Waals surface area (Å²) >= 11 is 0. The van der Waals surface area contributed by atoms with Crippen molar-refractivity contribution in [3.05, 3.63) is 0 Å². The third kappa shape index (κ3) is 2.40. The largest absolute Gasteiger partial charge is 0.396 e. The molecule has 1 heterocycles. The quantitative estimate of drug-likeness (QED) is 0.471. The van der Waals surface area contributed by atoms with Crippen molar-refractivity contribution < 1.29 is 15.3 Å². The summed E-state index contributed by atoms with van der Waals surface area (Å²) in [4.78, 5) is 2.08. The van der Waals surface area contributed by atoms with E-state index in [1.54, 1.807) is 0 Å². The lowest BCUT2D eigenvalue weighted by molar-refractivity contribution is -0.0596.